The van der Waals surface area contributed by atoms with Crippen LogP contribution >= 0.6 is 0 Å². The Bertz CT molecular complexity index is 2090. The molecule has 7 aliphatic rings. The minimum atomic E-state index is -1.74. The zero-order valence-electron chi connectivity index (χ0n) is 41.3. The third-order valence-corrected chi connectivity index (χ3v) is 19.4. The number of allylic oxidation sites excluding steroid dienone is 2. The van der Waals surface area contributed by atoms with Gasteiger partial charge in [-0.3, -0.25) is 9.59 Å². The molecule has 69 heavy (non-hydrogen) atoms. The third-order valence-electron chi connectivity index (χ3n) is 19.4. The molecule has 5 aliphatic carbocycles. The lowest BCUT2D eigenvalue weighted by atomic mass is 9.33. The summed E-state index contributed by atoms with van der Waals surface area (Å²) in [5.41, 5.74) is -1.70. The molecule has 18 heteroatoms. The maximum atomic E-state index is 14.9. The van der Waals surface area contributed by atoms with Gasteiger partial charge in [0.15, 0.2) is 24.1 Å². The highest BCUT2D eigenvalue weighted by Crippen LogP contribution is 2.76. The second-order valence-electron chi connectivity index (χ2n) is 22.7. The van der Waals surface area contributed by atoms with E-state index in [-0.39, 0.29) is 53.7 Å². The van der Waals surface area contributed by atoms with Crippen LogP contribution in [0.2, 0.25) is 0 Å². The summed E-state index contributed by atoms with van der Waals surface area (Å²) in [4.78, 5) is 28.4. The fraction of sp³-hybridized carbons (Fsp3) is 0.804. The van der Waals surface area contributed by atoms with E-state index >= 15 is 0 Å². The second-order valence-corrected chi connectivity index (χ2v) is 22.7. The summed E-state index contributed by atoms with van der Waals surface area (Å²) in [7, 11) is 4.58. The summed E-state index contributed by atoms with van der Waals surface area (Å²) in [6.07, 6.45) is -8.43. The Kier molecular flexibility index (Phi) is 14.5. The van der Waals surface area contributed by atoms with Crippen LogP contribution in [0.3, 0.4) is 0 Å². The number of rotatable bonds is 12. The first-order valence-corrected chi connectivity index (χ1v) is 24.7. The van der Waals surface area contributed by atoms with Crippen molar-refractivity contribution in [1.29, 1.82) is 0 Å². The summed E-state index contributed by atoms with van der Waals surface area (Å²) in [6.45, 7) is 9.69. The van der Waals surface area contributed by atoms with Crippen LogP contribution in [-0.2, 0) is 39.8 Å². The average Bonchev–Trinajstić information content (AvgIpc) is 3.33. The van der Waals surface area contributed by atoms with Crippen LogP contribution in [0.1, 0.15) is 98.0 Å². The summed E-state index contributed by atoms with van der Waals surface area (Å²) in [5.74, 6) is 0.508. The molecule has 6 fully saturated rings. The monoisotopic (exact) mass is 976 g/mol. The Morgan fingerprint density at radius 3 is 2.14 bits per heavy atom. The molecule has 0 radical (unpaired) electrons. The van der Waals surface area contributed by atoms with Crippen molar-refractivity contribution in [2.45, 2.75) is 166 Å². The number of hydrogen-bond donors (Lipinski definition) is 9. The van der Waals surface area contributed by atoms with Gasteiger partial charge in [-0.2, -0.15) is 0 Å². The molecule has 18 nitrogen and oxygen atoms in total. The van der Waals surface area contributed by atoms with E-state index < -0.39 is 95.8 Å². The number of benzene rings is 1. The quantitative estimate of drug-likeness (QED) is 0.0822. The first kappa shape index (κ1) is 52.3. The van der Waals surface area contributed by atoms with Crippen molar-refractivity contribution in [1.82, 2.24) is 5.32 Å². The third kappa shape index (κ3) is 8.24. The number of hydrogen-bond acceptors (Lipinski definition) is 17. The van der Waals surface area contributed by atoms with Crippen LogP contribution in [0.15, 0.2) is 29.8 Å². The molecule has 1 amide bonds. The highest BCUT2D eigenvalue weighted by Gasteiger charge is 2.71. The number of fused-ring (bicyclic) bond motifs is 7. The van der Waals surface area contributed by atoms with Gasteiger partial charge in [-0.1, -0.05) is 45.4 Å². The molecule has 4 saturated carbocycles. The van der Waals surface area contributed by atoms with Crippen molar-refractivity contribution in [2.24, 2.45) is 50.2 Å². The number of aliphatic hydroxyl groups is 8. The van der Waals surface area contributed by atoms with Gasteiger partial charge in [-0.25, -0.2) is 0 Å². The van der Waals surface area contributed by atoms with Crippen LogP contribution in [0.25, 0.3) is 0 Å². The molecule has 0 aromatic heterocycles. The molecular formula is C51H77NO17. The number of ether oxygens (including phenoxy) is 7. The molecular weight excluding hydrogens is 899 g/mol. The molecule has 8 rings (SSSR count). The first-order valence-electron chi connectivity index (χ1n) is 24.7. The Balaban J connectivity index is 1.03. The number of aliphatic hydroxyl groups excluding tert-OH is 8. The van der Waals surface area contributed by atoms with Crippen molar-refractivity contribution < 1.29 is 83.6 Å². The van der Waals surface area contributed by atoms with E-state index in [1.807, 2.05) is 32.0 Å². The van der Waals surface area contributed by atoms with Gasteiger partial charge in [0.05, 0.1) is 64.2 Å². The highest BCUT2D eigenvalue weighted by atomic mass is 16.7. The minimum absolute atomic E-state index is 0.0308. The van der Waals surface area contributed by atoms with Gasteiger partial charge in [0, 0.05) is 12.0 Å². The minimum Gasteiger partial charge on any atom is -0.493 e. The van der Waals surface area contributed by atoms with Gasteiger partial charge in [-0.05, 0) is 116 Å². The maximum absolute atomic E-state index is 14.9. The number of nitrogens with one attached hydrogen (secondary N) is 1. The van der Waals surface area contributed by atoms with Crippen LogP contribution in [-0.4, -0.2) is 161 Å². The summed E-state index contributed by atoms with van der Waals surface area (Å²) >= 11 is 0. The standard InChI is InChI=1S/C51H77NO17/c1-46(45(62)65-8)15-17-51(44(61)52-22-26-9-11-30(63-6)31(19-26)64-7)18-16-49(4)27(28(51)20-46)10-12-35-47(2)21-29(55)41(48(3,25-54)34(47)13-14-50(35,49)5)69-42-39(59)37(57)33(24-66-42)68-43-40(60)38(58)36(56)32(23-53)67-43/h9-11,19,28-29,32-43,53-60H,12-18,20-25H2,1-8H3,(H,52,61)/t28-,29-,32+,33+,34+,35+,36+,37-,38-,39+,40+,41-,42-,43-,46-,47-,48-,49+,50+,51-/m0/s1. The molecule has 2 saturated heterocycles. The summed E-state index contributed by atoms with van der Waals surface area (Å²) < 4.78 is 39.9. The predicted octanol–water partition coefficient (Wildman–Crippen LogP) is 1.87. The van der Waals surface area contributed by atoms with Crippen molar-refractivity contribution in [3.8, 4) is 11.5 Å². The van der Waals surface area contributed by atoms with E-state index in [9.17, 15) is 50.4 Å². The Hall–Kier alpha value is -2.98. The highest BCUT2D eigenvalue weighted by molar-refractivity contribution is 5.85. The van der Waals surface area contributed by atoms with Gasteiger partial charge in [-0.15, -0.1) is 0 Å². The van der Waals surface area contributed by atoms with E-state index in [0.717, 1.165) is 18.4 Å². The Morgan fingerprint density at radius 2 is 1.48 bits per heavy atom. The maximum Gasteiger partial charge on any atom is 0.311 e. The van der Waals surface area contributed by atoms with Crippen LogP contribution in [0.5, 0.6) is 11.5 Å². The molecule has 0 unspecified atom stereocenters. The van der Waals surface area contributed by atoms with Crippen LogP contribution < -0.4 is 14.8 Å². The molecule has 0 bridgehead atoms. The Labute approximate surface area is 404 Å². The van der Waals surface area contributed by atoms with Gasteiger partial charge in [0.2, 0.25) is 5.91 Å². The van der Waals surface area contributed by atoms with Gasteiger partial charge < -0.3 is 79.3 Å². The fourth-order valence-electron chi connectivity index (χ4n) is 15.1. The number of amides is 1. The number of carbonyl (C=O) groups is 2. The van der Waals surface area contributed by atoms with E-state index in [4.69, 9.17) is 33.2 Å². The van der Waals surface area contributed by atoms with E-state index in [2.05, 4.69) is 32.2 Å². The molecule has 9 N–H and O–H groups in total. The van der Waals surface area contributed by atoms with Crippen molar-refractivity contribution in [3.05, 3.63) is 35.4 Å². The lowest BCUT2D eigenvalue weighted by Gasteiger charge is -2.72. The second kappa shape index (κ2) is 19.1. The average molecular weight is 976 g/mol. The zero-order chi connectivity index (χ0) is 50.2. The molecule has 2 aliphatic heterocycles. The number of carbonyl (C=O) groups excluding carboxylic acids is 2. The van der Waals surface area contributed by atoms with Gasteiger partial charge in [0.25, 0.3) is 0 Å². The molecule has 0 spiro atoms. The Morgan fingerprint density at radius 1 is 0.783 bits per heavy atom. The molecule has 388 valence electrons. The summed E-state index contributed by atoms with van der Waals surface area (Å²) in [5, 5.41) is 90.1. The van der Waals surface area contributed by atoms with Gasteiger partial charge >= 0.3 is 5.97 Å². The smallest absolute Gasteiger partial charge is 0.311 e. The molecule has 20 atom stereocenters. The van der Waals surface area contributed by atoms with E-state index in [1.165, 1.54) is 12.7 Å². The molecule has 1 aromatic carbocycles. The lowest BCUT2D eigenvalue weighted by molar-refractivity contribution is -0.357. The van der Waals surface area contributed by atoms with Crippen LogP contribution in [0, 0.1) is 50.2 Å². The predicted molar refractivity (Wildman–Crippen MR) is 245 cm³/mol. The van der Waals surface area contributed by atoms with Gasteiger partial charge in [0.1, 0.15) is 42.7 Å². The largest absolute Gasteiger partial charge is 0.493 e. The van der Waals surface area contributed by atoms with E-state index in [1.54, 1.807) is 14.2 Å². The zero-order valence-corrected chi connectivity index (χ0v) is 41.3. The topological polar surface area (TPSA) is 273 Å². The van der Waals surface area contributed by atoms with Crippen molar-refractivity contribution >= 4 is 11.9 Å². The van der Waals surface area contributed by atoms with Crippen molar-refractivity contribution in [3.63, 3.8) is 0 Å². The fourth-order valence-corrected chi connectivity index (χ4v) is 15.1. The SMILES string of the molecule is COC(=O)[C@@]1(C)CC[C@]2(C(=O)NCc3ccc(OC)c(OC)c3)CC[C@]3(C)C(=CC[C@@H]4[C@@]5(C)C[C@H](O)[C@H](O[C@@H]6OC[C@@H](O[C@@H]7O[C@H](CO)[C@@H](O)[C@H](O)[C@H]7O)[C@H](O)[C@H]6O)[C@@](C)(CO)[C@@H]5CC[C@]43C)[C@@H]2C1. The molecule has 1 aromatic rings. The lowest BCUT2D eigenvalue weighted by Crippen LogP contribution is -2.69. The van der Waals surface area contributed by atoms with Crippen molar-refractivity contribution in [2.75, 3.05) is 41.2 Å². The van der Waals surface area contributed by atoms with E-state index in [0.29, 0.717) is 63.0 Å². The van der Waals surface area contributed by atoms with Crippen LogP contribution in [0.4, 0.5) is 0 Å². The summed E-state index contributed by atoms with van der Waals surface area (Å²) in [6, 6.07) is 5.59. The first-order chi connectivity index (χ1) is 32.6. The normalized spacial score (nSPS) is 47.3. The number of methoxy groups -OCH3 is 3. The molecule has 2 heterocycles. The number of esters is 1.